The van der Waals surface area contributed by atoms with Gasteiger partial charge in [-0.3, -0.25) is 0 Å². The van der Waals surface area contributed by atoms with Crippen LogP contribution in [0.2, 0.25) is 18.1 Å². The van der Waals surface area contributed by atoms with Gasteiger partial charge in [0.05, 0.1) is 18.2 Å². The van der Waals surface area contributed by atoms with Gasteiger partial charge >= 0.3 is 0 Å². The first-order valence-electron chi connectivity index (χ1n) is 10.7. The van der Waals surface area contributed by atoms with Crippen LogP contribution in [0.4, 0.5) is 0 Å². The molecule has 30 heavy (non-hydrogen) atoms. The Morgan fingerprint density at radius 1 is 1.03 bits per heavy atom. The van der Waals surface area contributed by atoms with E-state index in [0.29, 0.717) is 19.6 Å². The number of fused-ring (bicyclic) bond motifs is 1. The van der Waals surface area contributed by atoms with Crippen LogP contribution in [-0.2, 0) is 17.6 Å². The maximum Gasteiger partial charge on any atom is 0.192 e. The van der Waals surface area contributed by atoms with Gasteiger partial charge in [0.15, 0.2) is 8.32 Å². The highest BCUT2D eigenvalue weighted by Gasteiger charge is 2.37. The van der Waals surface area contributed by atoms with E-state index < -0.39 is 14.4 Å². The molecule has 0 unspecified atom stereocenters. The minimum absolute atomic E-state index is 0.152. The average molecular weight is 426 g/mol. The highest BCUT2D eigenvalue weighted by Crippen LogP contribution is 2.36. The van der Waals surface area contributed by atoms with Gasteiger partial charge in [0.1, 0.15) is 12.4 Å². The standard InChI is InChI=1S/C25H35NO3Si/c1-25(2,3)30(4,5)29-19-22(27)14-16-26-15-13-21-11-12-23(17-24(21)26)28-18-20-9-7-6-8-10-20/h6-13,15,17,22,27H,14,16,18-19H2,1-5H3/t22-/m0/s1. The molecule has 1 N–H and O–H groups in total. The number of nitrogens with zero attached hydrogens (tertiary/aromatic N) is 1. The lowest BCUT2D eigenvalue weighted by atomic mass is 10.2. The van der Waals surface area contributed by atoms with Gasteiger partial charge in [0, 0.05) is 18.8 Å². The molecule has 2 aromatic carbocycles. The molecule has 0 fully saturated rings. The van der Waals surface area contributed by atoms with Gasteiger partial charge in [0.25, 0.3) is 0 Å². The minimum Gasteiger partial charge on any atom is -0.489 e. The van der Waals surface area contributed by atoms with Crippen molar-refractivity contribution in [3.63, 3.8) is 0 Å². The monoisotopic (exact) mass is 425 g/mol. The summed E-state index contributed by atoms with van der Waals surface area (Å²) in [6.45, 7) is 12.8. The molecule has 1 heterocycles. The third-order valence-electron chi connectivity index (χ3n) is 6.14. The zero-order chi connectivity index (χ0) is 21.8. The molecule has 0 aliphatic rings. The van der Waals surface area contributed by atoms with E-state index in [2.05, 4.69) is 75.0 Å². The van der Waals surface area contributed by atoms with Crippen molar-refractivity contribution in [1.29, 1.82) is 0 Å². The van der Waals surface area contributed by atoms with E-state index in [1.54, 1.807) is 0 Å². The van der Waals surface area contributed by atoms with Crippen LogP contribution >= 0.6 is 0 Å². The number of ether oxygens (including phenoxy) is 1. The number of aliphatic hydroxyl groups is 1. The summed E-state index contributed by atoms with van der Waals surface area (Å²) in [7, 11) is -1.83. The molecule has 0 radical (unpaired) electrons. The molecule has 162 valence electrons. The Balaban J connectivity index is 1.58. The summed E-state index contributed by atoms with van der Waals surface area (Å²) in [5, 5.41) is 11.8. The first-order chi connectivity index (χ1) is 14.2. The third kappa shape index (κ3) is 5.75. The van der Waals surface area contributed by atoms with Crippen molar-refractivity contribution in [2.45, 2.75) is 64.6 Å². The lowest BCUT2D eigenvalue weighted by molar-refractivity contribution is 0.0895. The molecule has 4 nitrogen and oxygen atoms in total. The summed E-state index contributed by atoms with van der Waals surface area (Å²) in [6, 6.07) is 18.5. The molecule has 0 spiro atoms. The smallest absolute Gasteiger partial charge is 0.192 e. The van der Waals surface area contributed by atoms with Crippen LogP contribution in [0.25, 0.3) is 10.9 Å². The van der Waals surface area contributed by atoms with Crippen molar-refractivity contribution in [1.82, 2.24) is 4.57 Å². The highest BCUT2D eigenvalue weighted by molar-refractivity contribution is 6.74. The Bertz CT molecular complexity index is 944. The summed E-state index contributed by atoms with van der Waals surface area (Å²) in [6.07, 6.45) is 2.27. The number of benzene rings is 2. The van der Waals surface area contributed by atoms with E-state index in [9.17, 15) is 5.11 Å². The van der Waals surface area contributed by atoms with Gasteiger partial charge in [0.2, 0.25) is 0 Å². The fraction of sp³-hybridized carbons (Fsp3) is 0.440. The van der Waals surface area contributed by atoms with Gasteiger partial charge in [-0.1, -0.05) is 51.1 Å². The fourth-order valence-electron chi connectivity index (χ4n) is 3.08. The van der Waals surface area contributed by atoms with Crippen LogP contribution in [0.1, 0.15) is 32.8 Å². The quantitative estimate of drug-likeness (QED) is 0.428. The maximum atomic E-state index is 10.5. The van der Waals surface area contributed by atoms with Crippen molar-refractivity contribution in [3.8, 4) is 5.75 Å². The third-order valence-corrected chi connectivity index (χ3v) is 10.6. The average Bonchev–Trinajstić information content (AvgIpc) is 3.11. The zero-order valence-electron chi connectivity index (χ0n) is 18.9. The van der Waals surface area contributed by atoms with Crippen LogP contribution in [0, 0.1) is 0 Å². The molecule has 0 saturated carbocycles. The Morgan fingerprint density at radius 2 is 1.77 bits per heavy atom. The second-order valence-electron chi connectivity index (χ2n) is 9.52. The lowest BCUT2D eigenvalue weighted by Gasteiger charge is -2.36. The van der Waals surface area contributed by atoms with Crippen molar-refractivity contribution in [3.05, 3.63) is 66.4 Å². The molecule has 3 rings (SSSR count). The number of hydrogen-bond acceptors (Lipinski definition) is 3. The Kier molecular flexibility index (Phi) is 7.06. The molecular formula is C25H35NO3Si. The van der Waals surface area contributed by atoms with Crippen LogP contribution in [0.3, 0.4) is 0 Å². The van der Waals surface area contributed by atoms with Gasteiger partial charge in [-0.05, 0) is 53.7 Å². The van der Waals surface area contributed by atoms with E-state index in [1.807, 2.05) is 24.3 Å². The second kappa shape index (κ2) is 9.37. The van der Waals surface area contributed by atoms with E-state index in [0.717, 1.165) is 23.4 Å². The van der Waals surface area contributed by atoms with E-state index in [4.69, 9.17) is 9.16 Å². The molecular weight excluding hydrogens is 390 g/mol. The Labute approximate surface area is 181 Å². The van der Waals surface area contributed by atoms with E-state index >= 15 is 0 Å². The minimum atomic E-state index is -1.83. The number of aliphatic hydroxyl groups excluding tert-OH is 1. The summed E-state index contributed by atoms with van der Waals surface area (Å²) >= 11 is 0. The van der Waals surface area contributed by atoms with Gasteiger partial charge in [-0.15, -0.1) is 0 Å². The molecule has 0 aliphatic carbocycles. The predicted octanol–water partition coefficient (Wildman–Crippen LogP) is 5.99. The number of hydrogen-bond donors (Lipinski definition) is 1. The molecule has 0 saturated heterocycles. The number of rotatable bonds is 9. The highest BCUT2D eigenvalue weighted by atomic mass is 28.4. The molecule has 0 bridgehead atoms. The molecule has 0 amide bonds. The van der Waals surface area contributed by atoms with Gasteiger partial charge in [-0.25, -0.2) is 0 Å². The zero-order valence-corrected chi connectivity index (χ0v) is 19.9. The lowest BCUT2D eigenvalue weighted by Crippen LogP contribution is -2.42. The van der Waals surface area contributed by atoms with E-state index in [-0.39, 0.29) is 5.04 Å². The van der Waals surface area contributed by atoms with Crippen molar-refractivity contribution in [2.24, 2.45) is 0 Å². The summed E-state index contributed by atoms with van der Waals surface area (Å²) in [5.74, 6) is 0.855. The Morgan fingerprint density at radius 3 is 2.47 bits per heavy atom. The predicted molar refractivity (Wildman–Crippen MR) is 126 cm³/mol. The van der Waals surface area contributed by atoms with Gasteiger partial charge in [-0.2, -0.15) is 0 Å². The largest absolute Gasteiger partial charge is 0.489 e. The summed E-state index contributed by atoms with van der Waals surface area (Å²) in [4.78, 5) is 0. The second-order valence-corrected chi connectivity index (χ2v) is 14.3. The van der Waals surface area contributed by atoms with Crippen LogP contribution in [0.5, 0.6) is 5.75 Å². The molecule has 5 heteroatoms. The van der Waals surface area contributed by atoms with Crippen LogP contribution in [0.15, 0.2) is 60.8 Å². The topological polar surface area (TPSA) is 43.6 Å². The molecule has 1 atom stereocenters. The summed E-state index contributed by atoms with van der Waals surface area (Å²) in [5.41, 5.74) is 2.27. The summed E-state index contributed by atoms with van der Waals surface area (Å²) < 4.78 is 14.3. The molecule has 3 aromatic rings. The van der Waals surface area contributed by atoms with Crippen LogP contribution in [-0.4, -0.2) is 30.7 Å². The first-order valence-corrected chi connectivity index (χ1v) is 13.6. The molecule has 1 aromatic heterocycles. The van der Waals surface area contributed by atoms with E-state index in [1.165, 1.54) is 5.39 Å². The fourth-order valence-corrected chi connectivity index (χ4v) is 4.12. The molecule has 0 aliphatic heterocycles. The van der Waals surface area contributed by atoms with Crippen molar-refractivity contribution < 1.29 is 14.3 Å². The normalized spacial score (nSPS) is 13.5. The SMILES string of the molecule is CC(C)(C)[Si](C)(C)OC[C@@H](O)CCn1ccc2ccc(OCc3ccccc3)cc21. The van der Waals surface area contributed by atoms with Crippen molar-refractivity contribution in [2.75, 3.05) is 6.61 Å². The Hall–Kier alpha value is -2.08. The van der Waals surface area contributed by atoms with Crippen LogP contribution < -0.4 is 4.74 Å². The van der Waals surface area contributed by atoms with Gasteiger partial charge < -0.3 is 18.8 Å². The number of aryl methyl sites for hydroxylation is 1. The maximum absolute atomic E-state index is 10.5. The van der Waals surface area contributed by atoms with Crippen molar-refractivity contribution >= 4 is 19.2 Å². The first kappa shape index (κ1) is 22.6. The number of aromatic nitrogens is 1.